The van der Waals surface area contributed by atoms with E-state index in [9.17, 15) is 9.18 Å². The Hall–Kier alpha value is -2.44. The summed E-state index contributed by atoms with van der Waals surface area (Å²) in [6.07, 6.45) is 5.67. The van der Waals surface area contributed by atoms with Crippen molar-refractivity contribution in [2.45, 2.75) is 13.0 Å². The highest BCUT2D eigenvalue weighted by Gasteiger charge is 2.14. The van der Waals surface area contributed by atoms with Gasteiger partial charge >= 0.3 is 0 Å². The molecular weight excluding hydrogens is 261 g/mol. The van der Waals surface area contributed by atoms with E-state index in [0.29, 0.717) is 13.1 Å². The molecule has 20 heavy (non-hydrogen) atoms. The van der Waals surface area contributed by atoms with E-state index in [1.54, 1.807) is 17.9 Å². The van der Waals surface area contributed by atoms with Crippen molar-refractivity contribution in [1.82, 2.24) is 20.1 Å². The van der Waals surface area contributed by atoms with Crippen molar-refractivity contribution in [2.24, 2.45) is 0 Å². The van der Waals surface area contributed by atoms with Crippen molar-refractivity contribution in [3.63, 3.8) is 0 Å². The Balaban J connectivity index is 1.86. The zero-order valence-corrected chi connectivity index (χ0v) is 11.1. The van der Waals surface area contributed by atoms with Crippen molar-refractivity contribution in [1.29, 1.82) is 0 Å². The van der Waals surface area contributed by atoms with E-state index in [4.69, 9.17) is 0 Å². The molecule has 0 atom stereocenters. The van der Waals surface area contributed by atoms with Crippen LogP contribution in [0.2, 0.25) is 0 Å². The van der Waals surface area contributed by atoms with Gasteiger partial charge in [0.25, 0.3) is 5.91 Å². The average molecular weight is 277 g/mol. The first kappa shape index (κ1) is 14.0. The Bertz CT molecular complexity index is 570. The Labute approximate surface area is 116 Å². The summed E-state index contributed by atoms with van der Waals surface area (Å²) in [6.45, 7) is 1.16. The highest BCUT2D eigenvalue weighted by Crippen LogP contribution is 2.14. The Morgan fingerprint density at radius 1 is 1.45 bits per heavy atom. The van der Waals surface area contributed by atoms with Gasteiger partial charge in [-0.25, -0.2) is 9.37 Å². The first-order chi connectivity index (χ1) is 9.72. The maximum Gasteiger partial charge on any atom is 0.254 e. The molecule has 7 heteroatoms. The third kappa shape index (κ3) is 3.31. The van der Waals surface area contributed by atoms with E-state index in [-0.39, 0.29) is 11.4 Å². The molecule has 0 radical (unpaired) electrons. The minimum atomic E-state index is -0.639. The number of hydrogen-bond donors (Lipinski definition) is 2. The van der Waals surface area contributed by atoms with Gasteiger partial charge in [-0.3, -0.25) is 9.48 Å². The lowest BCUT2D eigenvalue weighted by Crippen LogP contribution is -2.26. The average Bonchev–Trinajstić information content (AvgIpc) is 2.97. The molecule has 2 rings (SSSR count). The molecule has 0 aromatic carbocycles. The largest absolute Gasteiger partial charge is 0.371 e. The van der Waals surface area contributed by atoms with Gasteiger partial charge in [0.15, 0.2) is 11.6 Å². The van der Waals surface area contributed by atoms with Crippen molar-refractivity contribution in [3.05, 3.63) is 42.1 Å². The molecule has 1 amide bonds. The molecule has 0 saturated heterocycles. The van der Waals surface area contributed by atoms with Crippen LogP contribution >= 0.6 is 0 Å². The third-order valence-corrected chi connectivity index (χ3v) is 2.78. The number of rotatable bonds is 6. The predicted octanol–water partition coefficient (Wildman–Crippen LogP) is 1.28. The van der Waals surface area contributed by atoms with Crippen LogP contribution in [0.4, 0.5) is 10.2 Å². The monoisotopic (exact) mass is 277 g/mol. The SMILES string of the molecule is CNc1nccc(C(=O)NCCCn2cccn2)c1F. The summed E-state index contributed by atoms with van der Waals surface area (Å²) in [7, 11) is 1.55. The second-order valence-corrected chi connectivity index (χ2v) is 4.15. The van der Waals surface area contributed by atoms with Crippen LogP contribution in [0.3, 0.4) is 0 Å². The molecule has 0 saturated carbocycles. The molecule has 0 aliphatic rings. The van der Waals surface area contributed by atoms with Gasteiger partial charge in [0, 0.05) is 38.7 Å². The van der Waals surface area contributed by atoms with Crippen molar-refractivity contribution >= 4 is 11.7 Å². The first-order valence-electron chi connectivity index (χ1n) is 6.30. The lowest BCUT2D eigenvalue weighted by molar-refractivity contribution is 0.0948. The smallest absolute Gasteiger partial charge is 0.254 e. The molecule has 0 aliphatic carbocycles. The molecule has 2 aromatic heterocycles. The molecule has 0 fully saturated rings. The summed E-state index contributed by atoms with van der Waals surface area (Å²) in [6, 6.07) is 3.20. The topological polar surface area (TPSA) is 71.8 Å². The van der Waals surface area contributed by atoms with Crippen molar-refractivity contribution < 1.29 is 9.18 Å². The summed E-state index contributed by atoms with van der Waals surface area (Å²) < 4.78 is 15.6. The molecule has 0 aliphatic heterocycles. The molecular formula is C13H16FN5O. The number of aryl methyl sites for hydroxylation is 1. The van der Waals surface area contributed by atoms with E-state index < -0.39 is 11.7 Å². The number of halogens is 1. The highest BCUT2D eigenvalue weighted by molar-refractivity contribution is 5.95. The maximum atomic E-state index is 13.9. The van der Waals surface area contributed by atoms with Crippen LogP contribution in [0.15, 0.2) is 30.7 Å². The van der Waals surface area contributed by atoms with Gasteiger partial charge in [0.1, 0.15) is 0 Å². The molecule has 2 aromatic rings. The maximum absolute atomic E-state index is 13.9. The van der Waals surface area contributed by atoms with Crippen LogP contribution in [0, 0.1) is 5.82 Å². The fraction of sp³-hybridized carbons (Fsp3) is 0.308. The lowest BCUT2D eigenvalue weighted by atomic mass is 10.2. The van der Waals surface area contributed by atoms with Gasteiger partial charge in [0.05, 0.1) is 5.56 Å². The number of hydrogen-bond acceptors (Lipinski definition) is 4. The zero-order chi connectivity index (χ0) is 14.4. The number of aromatic nitrogens is 3. The van der Waals surface area contributed by atoms with E-state index in [2.05, 4.69) is 20.7 Å². The molecule has 2 heterocycles. The van der Waals surface area contributed by atoms with Crippen LogP contribution in [0.1, 0.15) is 16.8 Å². The quantitative estimate of drug-likeness (QED) is 0.780. The molecule has 106 valence electrons. The standard InChI is InChI=1S/C13H16FN5O/c1-15-12-11(14)10(4-7-16-12)13(20)17-5-2-8-19-9-3-6-18-19/h3-4,6-7,9H,2,5,8H2,1H3,(H,15,16)(H,17,20). The zero-order valence-electron chi connectivity index (χ0n) is 11.1. The second kappa shape index (κ2) is 6.65. The summed E-state index contributed by atoms with van der Waals surface area (Å²) in [5.74, 6) is -1.02. The summed E-state index contributed by atoms with van der Waals surface area (Å²) in [4.78, 5) is 15.7. The van der Waals surface area contributed by atoms with E-state index in [1.807, 2.05) is 12.3 Å². The van der Waals surface area contributed by atoms with Gasteiger partial charge in [-0.2, -0.15) is 5.10 Å². The first-order valence-corrected chi connectivity index (χ1v) is 6.30. The number of nitrogens with zero attached hydrogens (tertiary/aromatic N) is 3. The van der Waals surface area contributed by atoms with Gasteiger partial charge < -0.3 is 10.6 Å². The number of carbonyl (C=O) groups excluding carboxylic acids is 1. The fourth-order valence-electron chi connectivity index (χ4n) is 1.76. The molecule has 6 nitrogen and oxygen atoms in total. The van der Waals surface area contributed by atoms with Crippen LogP contribution < -0.4 is 10.6 Å². The molecule has 0 unspecified atom stereocenters. The number of anilines is 1. The highest BCUT2D eigenvalue weighted by atomic mass is 19.1. The van der Waals surface area contributed by atoms with Crippen LogP contribution in [0.25, 0.3) is 0 Å². The van der Waals surface area contributed by atoms with Crippen LogP contribution in [-0.2, 0) is 6.54 Å². The Morgan fingerprint density at radius 2 is 2.30 bits per heavy atom. The predicted molar refractivity (Wildman–Crippen MR) is 72.9 cm³/mol. The lowest BCUT2D eigenvalue weighted by Gasteiger charge is -2.08. The van der Waals surface area contributed by atoms with Gasteiger partial charge in [0.2, 0.25) is 0 Å². The molecule has 0 spiro atoms. The van der Waals surface area contributed by atoms with Crippen molar-refractivity contribution in [2.75, 3.05) is 18.9 Å². The van der Waals surface area contributed by atoms with E-state index >= 15 is 0 Å². The van der Waals surface area contributed by atoms with Crippen LogP contribution in [0.5, 0.6) is 0 Å². The minimum Gasteiger partial charge on any atom is -0.371 e. The Morgan fingerprint density at radius 3 is 3.00 bits per heavy atom. The normalized spacial score (nSPS) is 10.3. The van der Waals surface area contributed by atoms with Crippen LogP contribution in [-0.4, -0.2) is 34.3 Å². The summed E-state index contributed by atoms with van der Waals surface area (Å²) in [5.41, 5.74) is -0.0107. The number of amides is 1. The molecule has 0 bridgehead atoms. The molecule has 2 N–H and O–H groups in total. The van der Waals surface area contributed by atoms with E-state index in [1.165, 1.54) is 12.3 Å². The number of carbonyl (C=O) groups is 1. The minimum absolute atomic E-state index is 0.0107. The Kier molecular flexibility index (Phi) is 4.65. The number of pyridine rings is 1. The number of nitrogens with one attached hydrogen (secondary N) is 2. The van der Waals surface area contributed by atoms with Gasteiger partial charge in [-0.1, -0.05) is 0 Å². The van der Waals surface area contributed by atoms with E-state index in [0.717, 1.165) is 6.42 Å². The third-order valence-electron chi connectivity index (χ3n) is 2.78. The summed E-state index contributed by atoms with van der Waals surface area (Å²) >= 11 is 0. The summed E-state index contributed by atoms with van der Waals surface area (Å²) in [5, 5.41) is 9.33. The van der Waals surface area contributed by atoms with Gasteiger partial charge in [-0.15, -0.1) is 0 Å². The second-order valence-electron chi connectivity index (χ2n) is 4.15. The fourth-order valence-corrected chi connectivity index (χ4v) is 1.76. The van der Waals surface area contributed by atoms with Crippen molar-refractivity contribution in [3.8, 4) is 0 Å². The van der Waals surface area contributed by atoms with Gasteiger partial charge in [-0.05, 0) is 18.6 Å².